The van der Waals surface area contributed by atoms with E-state index in [-0.39, 0.29) is 0 Å². The third kappa shape index (κ3) is 4.62. The topological polar surface area (TPSA) is 24.9 Å². The van der Waals surface area contributed by atoms with Gasteiger partial charge in [0.2, 0.25) is 0 Å². The van der Waals surface area contributed by atoms with Gasteiger partial charge < -0.3 is 5.32 Å². The van der Waals surface area contributed by atoms with E-state index in [0.29, 0.717) is 6.04 Å². The zero-order chi connectivity index (χ0) is 11.8. The average molecular weight is 240 g/mol. The van der Waals surface area contributed by atoms with Gasteiger partial charge in [-0.2, -0.15) is 0 Å². The molecule has 1 aromatic heterocycles. The van der Waals surface area contributed by atoms with E-state index in [1.807, 2.05) is 17.5 Å². The molecule has 0 aliphatic heterocycles. The van der Waals surface area contributed by atoms with E-state index < -0.39 is 0 Å². The molecule has 1 aromatic rings. The Labute approximate surface area is 103 Å². The summed E-state index contributed by atoms with van der Waals surface area (Å²) in [7, 11) is 0. The van der Waals surface area contributed by atoms with Crippen LogP contribution in [0.5, 0.6) is 0 Å². The smallest absolute Gasteiger partial charge is 0.109 e. The van der Waals surface area contributed by atoms with Crippen LogP contribution in [0.25, 0.3) is 0 Å². The van der Waals surface area contributed by atoms with Crippen LogP contribution in [0.2, 0.25) is 0 Å². The highest BCUT2D eigenvalue weighted by atomic mass is 32.1. The van der Waals surface area contributed by atoms with E-state index in [4.69, 9.17) is 0 Å². The van der Waals surface area contributed by atoms with Crippen LogP contribution in [0.1, 0.15) is 62.4 Å². The Balaban J connectivity index is 2.21. The first-order chi connectivity index (χ1) is 7.77. The molecule has 1 heterocycles. The molecule has 1 N–H and O–H groups in total. The molecule has 16 heavy (non-hydrogen) atoms. The normalized spacial score (nSPS) is 12.9. The number of thiazole rings is 1. The van der Waals surface area contributed by atoms with E-state index in [1.54, 1.807) is 0 Å². The lowest BCUT2D eigenvalue weighted by Crippen LogP contribution is -2.19. The minimum absolute atomic E-state index is 0.409. The van der Waals surface area contributed by atoms with Crippen LogP contribution in [0.3, 0.4) is 0 Å². The molecule has 0 fully saturated rings. The maximum Gasteiger partial charge on any atom is 0.109 e. The fraction of sp³-hybridized carbons (Fsp3) is 0.769. The largest absolute Gasteiger partial charge is 0.308 e. The summed E-state index contributed by atoms with van der Waals surface area (Å²) in [5, 5.41) is 4.77. The second kappa shape index (κ2) is 7.80. The molecule has 0 saturated carbocycles. The van der Waals surface area contributed by atoms with Crippen molar-refractivity contribution in [3.8, 4) is 0 Å². The van der Waals surface area contributed by atoms with Crippen molar-refractivity contribution >= 4 is 11.3 Å². The molecule has 3 heteroatoms. The molecule has 0 aliphatic rings. The predicted molar refractivity (Wildman–Crippen MR) is 72.1 cm³/mol. The Morgan fingerprint density at radius 2 is 2.12 bits per heavy atom. The van der Waals surface area contributed by atoms with Crippen molar-refractivity contribution in [2.24, 2.45) is 0 Å². The summed E-state index contributed by atoms with van der Waals surface area (Å²) >= 11 is 1.84. The lowest BCUT2D eigenvalue weighted by Gasteiger charge is -2.10. The first-order valence-corrected chi connectivity index (χ1v) is 7.27. The van der Waals surface area contributed by atoms with Crippen molar-refractivity contribution in [3.05, 3.63) is 16.1 Å². The molecule has 1 rings (SSSR count). The van der Waals surface area contributed by atoms with E-state index in [2.05, 4.69) is 31.1 Å². The average Bonchev–Trinajstić information content (AvgIpc) is 2.77. The van der Waals surface area contributed by atoms with Gasteiger partial charge in [0.15, 0.2) is 0 Å². The zero-order valence-electron chi connectivity index (χ0n) is 10.8. The van der Waals surface area contributed by atoms with Crippen molar-refractivity contribution in [3.63, 3.8) is 0 Å². The highest BCUT2D eigenvalue weighted by Crippen LogP contribution is 2.20. The Kier molecular flexibility index (Phi) is 6.65. The molecule has 1 atom stereocenters. The van der Waals surface area contributed by atoms with Crippen LogP contribution in [-0.2, 0) is 6.42 Å². The second-order valence-corrected chi connectivity index (χ2v) is 5.40. The zero-order valence-corrected chi connectivity index (χ0v) is 11.6. The Morgan fingerprint density at radius 1 is 1.31 bits per heavy atom. The molecule has 2 nitrogen and oxygen atoms in total. The molecule has 92 valence electrons. The summed E-state index contributed by atoms with van der Waals surface area (Å²) in [5.74, 6) is 0. The molecule has 0 aromatic carbocycles. The lowest BCUT2D eigenvalue weighted by molar-refractivity contribution is 0.535. The number of nitrogens with zero attached hydrogens (tertiary/aromatic N) is 1. The molecular formula is C13H24N2S. The second-order valence-electron chi connectivity index (χ2n) is 4.25. The predicted octanol–water partition coefficient (Wildman–Crippen LogP) is 3.94. The van der Waals surface area contributed by atoms with Crippen LogP contribution in [-0.4, -0.2) is 11.5 Å². The highest BCUT2D eigenvalue weighted by molar-refractivity contribution is 7.11. The van der Waals surface area contributed by atoms with Crippen molar-refractivity contribution in [2.75, 3.05) is 6.54 Å². The maximum absolute atomic E-state index is 4.46. The van der Waals surface area contributed by atoms with Crippen LogP contribution in [0.4, 0.5) is 0 Å². The highest BCUT2D eigenvalue weighted by Gasteiger charge is 2.08. The van der Waals surface area contributed by atoms with Crippen molar-refractivity contribution in [1.82, 2.24) is 10.3 Å². The SMILES string of the molecule is CCCCCCNC(C)c1ncc(CC)s1. The third-order valence-electron chi connectivity index (χ3n) is 2.77. The Hall–Kier alpha value is -0.410. The summed E-state index contributed by atoms with van der Waals surface area (Å²) in [6, 6.07) is 0.409. The molecule has 0 saturated heterocycles. The van der Waals surface area contributed by atoms with Gasteiger partial charge in [-0.3, -0.25) is 0 Å². The molecule has 0 radical (unpaired) electrons. The van der Waals surface area contributed by atoms with E-state index in [0.717, 1.165) is 13.0 Å². The molecule has 0 aliphatic carbocycles. The summed E-state index contributed by atoms with van der Waals surface area (Å²) in [4.78, 5) is 5.84. The van der Waals surface area contributed by atoms with Crippen molar-refractivity contribution in [2.45, 2.75) is 58.9 Å². The van der Waals surface area contributed by atoms with Gasteiger partial charge in [-0.05, 0) is 26.3 Å². The number of aromatic nitrogens is 1. The quantitative estimate of drug-likeness (QED) is 0.696. The number of unbranched alkanes of at least 4 members (excludes halogenated alkanes) is 3. The van der Waals surface area contributed by atoms with E-state index in [9.17, 15) is 0 Å². The molecule has 0 bridgehead atoms. The minimum Gasteiger partial charge on any atom is -0.308 e. The van der Waals surface area contributed by atoms with E-state index >= 15 is 0 Å². The lowest BCUT2D eigenvalue weighted by atomic mass is 10.2. The summed E-state index contributed by atoms with van der Waals surface area (Å²) < 4.78 is 0. The van der Waals surface area contributed by atoms with Gasteiger partial charge in [0.25, 0.3) is 0 Å². The molecular weight excluding hydrogens is 216 g/mol. The van der Waals surface area contributed by atoms with Crippen molar-refractivity contribution < 1.29 is 0 Å². The van der Waals surface area contributed by atoms with Gasteiger partial charge in [-0.15, -0.1) is 11.3 Å². The summed E-state index contributed by atoms with van der Waals surface area (Å²) in [5.41, 5.74) is 0. The van der Waals surface area contributed by atoms with Crippen LogP contribution < -0.4 is 5.32 Å². The monoisotopic (exact) mass is 240 g/mol. The molecule has 1 unspecified atom stereocenters. The van der Waals surface area contributed by atoms with E-state index in [1.165, 1.54) is 35.6 Å². The molecule has 0 spiro atoms. The Morgan fingerprint density at radius 3 is 2.75 bits per heavy atom. The van der Waals surface area contributed by atoms with Crippen LogP contribution >= 0.6 is 11.3 Å². The number of hydrogen-bond acceptors (Lipinski definition) is 3. The number of aryl methyl sites for hydroxylation is 1. The minimum atomic E-state index is 0.409. The number of nitrogens with one attached hydrogen (secondary N) is 1. The standard InChI is InChI=1S/C13H24N2S/c1-4-6-7-8-9-14-11(3)13-15-10-12(5-2)16-13/h10-11,14H,4-9H2,1-3H3. The fourth-order valence-corrected chi connectivity index (χ4v) is 2.53. The molecule has 0 amide bonds. The third-order valence-corrected chi connectivity index (χ3v) is 4.10. The van der Waals surface area contributed by atoms with Crippen LogP contribution in [0, 0.1) is 0 Å². The van der Waals surface area contributed by atoms with Crippen molar-refractivity contribution in [1.29, 1.82) is 0 Å². The fourth-order valence-electron chi connectivity index (χ4n) is 1.64. The van der Waals surface area contributed by atoms with Gasteiger partial charge in [-0.25, -0.2) is 4.98 Å². The maximum atomic E-state index is 4.46. The van der Waals surface area contributed by atoms with Gasteiger partial charge in [0.05, 0.1) is 6.04 Å². The first-order valence-electron chi connectivity index (χ1n) is 6.45. The first kappa shape index (κ1) is 13.7. The van der Waals surface area contributed by atoms with Gasteiger partial charge in [0, 0.05) is 11.1 Å². The summed E-state index contributed by atoms with van der Waals surface area (Å²) in [6.45, 7) is 7.75. The Bertz CT molecular complexity index is 283. The van der Waals surface area contributed by atoms with Crippen LogP contribution in [0.15, 0.2) is 6.20 Å². The van der Waals surface area contributed by atoms with Gasteiger partial charge in [-0.1, -0.05) is 33.1 Å². The van der Waals surface area contributed by atoms with Gasteiger partial charge >= 0.3 is 0 Å². The number of rotatable bonds is 8. The summed E-state index contributed by atoms with van der Waals surface area (Å²) in [6.07, 6.45) is 8.39. The number of hydrogen-bond donors (Lipinski definition) is 1. The van der Waals surface area contributed by atoms with Gasteiger partial charge in [0.1, 0.15) is 5.01 Å².